The number of nitrogens with one attached hydrogen (secondary N) is 1. The monoisotopic (exact) mass is 239 g/mol. The van der Waals surface area contributed by atoms with Crippen molar-refractivity contribution >= 4 is 11.6 Å². The number of hydrogen-bond acceptors (Lipinski definition) is 2. The van der Waals surface area contributed by atoms with Crippen LogP contribution in [-0.2, 0) is 6.54 Å². The van der Waals surface area contributed by atoms with Gasteiger partial charge in [-0.15, -0.1) is 0 Å². The maximum Gasteiger partial charge on any atom is 0.138 e. The molecule has 0 amide bonds. The fourth-order valence-electron chi connectivity index (χ4n) is 1.26. The summed E-state index contributed by atoms with van der Waals surface area (Å²) in [6, 6.07) is 5.83. The second kappa shape index (κ2) is 6.56. The van der Waals surface area contributed by atoms with Crippen molar-refractivity contribution in [3.8, 4) is 5.75 Å². The lowest BCUT2D eigenvalue weighted by Gasteiger charge is -2.10. The molecule has 0 aliphatic rings. The summed E-state index contributed by atoms with van der Waals surface area (Å²) in [6.07, 6.45) is 0.926. The summed E-state index contributed by atoms with van der Waals surface area (Å²) < 4.78 is 5.57. The molecule has 0 radical (unpaired) electrons. The van der Waals surface area contributed by atoms with E-state index in [1.54, 1.807) is 0 Å². The fraction of sp³-hybridized carbons (Fsp3) is 0.385. The van der Waals surface area contributed by atoms with Crippen molar-refractivity contribution in [2.24, 2.45) is 0 Å². The first kappa shape index (κ1) is 13.1. The van der Waals surface area contributed by atoms with E-state index in [4.69, 9.17) is 16.3 Å². The average Bonchev–Trinajstić information content (AvgIpc) is 2.28. The molecule has 88 valence electrons. The van der Waals surface area contributed by atoms with Gasteiger partial charge in [0.1, 0.15) is 12.4 Å². The molecule has 2 nitrogen and oxygen atoms in total. The molecule has 1 aromatic rings. The van der Waals surface area contributed by atoms with Gasteiger partial charge in [-0.2, -0.15) is 0 Å². The van der Waals surface area contributed by atoms with Gasteiger partial charge in [0.15, 0.2) is 0 Å². The van der Waals surface area contributed by atoms with E-state index < -0.39 is 0 Å². The van der Waals surface area contributed by atoms with Gasteiger partial charge in [0, 0.05) is 6.54 Å². The van der Waals surface area contributed by atoms with Crippen LogP contribution in [-0.4, -0.2) is 13.7 Å². The van der Waals surface area contributed by atoms with E-state index >= 15 is 0 Å². The average molecular weight is 240 g/mol. The SMILES string of the molecule is C=C(CC)COc1ccc(CNC)cc1Cl. The summed E-state index contributed by atoms with van der Waals surface area (Å²) in [4.78, 5) is 0. The van der Waals surface area contributed by atoms with Crippen molar-refractivity contribution in [3.05, 3.63) is 40.9 Å². The molecule has 1 N–H and O–H groups in total. The Kier molecular flexibility index (Phi) is 5.36. The highest BCUT2D eigenvalue weighted by atomic mass is 35.5. The van der Waals surface area contributed by atoms with Crippen molar-refractivity contribution in [2.45, 2.75) is 19.9 Å². The summed E-state index contributed by atoms with van der Waals surface area (Å²) in [5, 5.41) is 3.73. The van der Waals surface area contributed by atoms with Gasteiger partial charge in [0.05, 0.1) is 5.02 Å². The molecule has 16 heavy (non-hydrogen) atoms. The van der Waals surface area contributed by atoms with Gasteiger partial charge in [-0.3, -0.25) is 0 Å². The molecule has 0 bridgehead atoms. The molecule has 0 aliphatic heterocycles. The largest absolute Gasteiger partial charge is 0.488 e. The van der Waals surface area contributed by atoms with Crippen LogP contribution < -0.4 is 10.1 Å². The molecule has 1 aromatic carbocycles. The van der Waals surface area contributed by atoms with Crippen LogP contribution in [0.5, 0.6) is 5.75 Å². The highest BCUT2D eigenvalue weighted by molar-refractivity contribution is 6.32. The van der Waals surface area contributed by atoms with Crippen LogP contribution in [0.2, 0.25) is 5.02 Å². The Morgan fingerprint density at radius 1 is 1.50 bits per heavy atom. The minimum atomic E-state index is 0.529. The molecule has 0 saturated carbocycles. The smallest absolute Gasteiger partial charge is 0.138 e. The van der Waals surface area contributed by atoms with Crippen LogP contribution in [0.3, 0.4) is 0 Å². The Labute approximate surface area is 102 Å². The van der Waals surface area contributed by atoms with Crippen LogP contribution in [0.25, 0.3) is 0 Å². The van der Waals surface area contributed by atoms with Crippen LogP contribution in [0.15, 0.2) is 30.4 Å². The van der Waals surface area contributed by atoms with E-state index in [9.17, 15) is 0 Å². The molecule has 1 rings (SSSR count). The zero-order chi connectivity index (χ0) is 12.0. The third kappa shape index (κ3) is 3.87. The van der Waals surface area contributed by atoms with Crippen molar-refractivity contribution in [1.29, 1.82) is 0 Å². The van der Waals surface area contributed by atoms with Crippen LogP contribution >= 0.6 is 11.6 Å². The third-order valence-electron chi connectivity index (χ3n) is 2.31. The van der Waals surface area contributed by atoms with Gasteiger partial charge >= 0.3 is 0 Å². The molecule has 0 fully saturated rings. The Morgan fingerprint density at radius 2 is 2.25 bits per heavy atom. The highest BCUT2D eigenvalue weighted by Crippen LogP contribution is 2.25. The van der Waals surface area contributed by atoms with E-state index in [0.717, 1.165) is 29.9 Å². The molecule has 0 atom stereocenters. The van der Waals surface area contributed by atoms with Crippen LogP contribution in [0, 0.1) is 0 Å². The van der Waals surface area contributed by atoms with E-state index in [0.29, 0.717) is 11.6 Å². The van der Waals surface area contributed by atoms with Crippen molar-refractivity contribution in [3.63, 3.8) is 0 Å². The van der Waals surface area contributed by atoms with Crippen LogP contribution in [0.1, 0.15) is 18.9 Å². The zero-order valence-corrected chi connectivity index (χ0v) is 10.6. The number of hydrogen-bond donors (Lipinski definition) is 1. The molecule has 0 aromatic heterocycles. The topological polar surface area (TPSA) is 21.3 Å². The summed E-state index contributed by atoms with van der Waals surface area (Å²) in [7, 11) is 1.91. The minimum absolute atomic E-state index is 0.529. The zero-order valence-electron chi connectivity index (χ0n) is 9.85. The first-order valence-corrected chi connectivity index (χ1v) is 5.77. The molecular formula is C13H18ClNO. The predicted octanol–water partition coefficient (Wildman–Crippen LogP) is 3.40. The van der Waals surface area contributed by atoms with Gasteiger partial charge in [0.2, 0.25) is 0 Å². The van der Waals surface area contributed by atoms with Gasteiger partial charge in [-0.05, 0) is 36.7 Å². The van der Waals surface area contributed by atoms with Crippen molar-refractivity contribution in [2.75, 3.05) is 13.7 Å². The lowest BCUT2D eigenvalue weighted by molar-refractivity contribution is 0.349. The quantitative estimate of drug-likeness (QED) is 0.769. The predicted molar refractivity (Wildman–Crippen MR) is 69.1 cm³/mol. The van der Waals surface area contributed by atoms with E-state index in [1.807, 2.05) is 25.2 Å². The standard InChI is InChI=1S/C13H18ClNO/c1-4-10(2)9-16-13-6-5-11(8-15-3)7-12(13)14/h5-7,15H,2,4,8-9H2,1,3H3. The number of rotatable bonds is 6. The second-order valence-electron chi connectivity index (χ2n) is 3.69. The lowest BCUT2D eigenvalue weighted by Crippen LogP contribution is -2.05. The molecule has 0 heterocycles. The minimum Gasteiger partial charge on any atom is -0.488 e. The van der Waals surface area contributed by atoms with Gasteiger partial charge in [0.25, 0.3) is 0 Å². The molecule has 0 unspecified atom stereocenters. The van der Waals surface area contributed by atoms with E-state index in [2.05, 4.69) is 18.8 Å². The first-order chi connectivity index (χ1) is 7.67. The number of ether oxygens (including phenoxy) is 1. The first-order valence-electron chi connectivity index (χ1n) is 5.39. The molecule has 0 saturated heterocycles. The van der Waals surface area contributed by atoms with Crippen molar-refractivity contribution < 1.29 is 4.74 Å². The van der Waals surface area contributed by atoms with Gasteiger partial charge in [-0.25, -0.2) is 0 Å². The van der Waals surface area contributed by atoms with Crippen LogP contribution in [0.4, 0.5) is 0 Å². The summed E-state index contributed by atoms with van der Waals surface area (Å²) >= 11 is 6.11. The lowest BCUT2D eigenvalue weighted by atomic mass is 10.2. The number of benzene rings is 1. The Balaban J connectivity index is 2.64. The number of halogens is 1. The maximum absolute atomic E-state index is 6.11. The summed E-state index contributed by atoms with van der Waals surface area (Å²) in [5.74, 6) is 0.719. The normalized spacial score (nSPS) is 10.2. The van der Waals surface area contributed by atoms with Gasteiger partial charge in [-0.1, -0.05) is 31.2 Å². The third-order valence-corrected chi connectivity index (χ3v) is 2.60. The fourth-order valence-corrected chi connectivity index (χ4v) is 1.52. The molecule has 0 spiro atoms. The van der Waals surface area contributed by atoms with E-state index in [-0.39, 0.29) is 0 Å². The Bertz CT molecular complexity index is 363. The van der Waals surface area contributed by atoms with Crippen molar-refractivity contribution in [1.82, 2.24) is 5.32 Å². The molecule has 3 heteroatoms. The molecular weight excluding hydrogens is 222 g/mol. The highest BCUT2D eigenvalue weighted by Gasteiger charge is 2.03. The Morgan fingerprint density at radius 3 is 2.81 bits per heavy atom. The summed E-state index contributed by atoms with van der Waals surface area (Å²) in [5.41, 5.74) is 2.21. The Hall–Kier alpha value is -0.990. The van der Waals surface area contributed by atoms with E-state index in [1.165, 1.54) is 0 Å². The summed E-state index contributed by atoms with van der Waals surface area (Å²) in [6.45, 7) is 7.28. The molecule has 0 aliphatic carbocycles. The van der Waals surface area contributed by atoms with Gasteiger partial charge < -0.3 is 10.1 Å². The maximum atomic E-state index is 6.11. The second-order valence-corrected chi connectivity index (χ2v) is 4.09.